The number of amides is 3. The van der Waals surface area contributed by atoms with Crippen LogP contribution in [0.5, 0.6) is 5.75 Å². The molecule has 2 fully saturated rings. The number of H-pyrrole nitrogens is 1. The Morgan fingerprint density at radius 2 is 1.93 bits per heavy atom. The number of aliphatic carboxylic acids is 1. The van der Waals surface area contributed by atoms with Gasteiger partial charge in [-0.05, 0) is 59.8 Å². The second kappa shape index (κ2) is 13.9. The Morgan fingerprint density at radius 3 is 2.52 bits per heavy atom. The SMILES string of the molecule is COc1ccc(CN2CC/C(=C\C3=C(C(=O)O)N4C(=O)[C@@H](N(Sc5ccccc5)C(C)=O)[C@H]4SC3)C2=O)cc1.c1c[nH]cn1. The van der Waals surface area contributed by atoms with Crippen LogP contribution < -0.4 is 4.74 Å². The number of hydrogen-bond acceptors (Lipinski definition) is 8. The van der Waals surface area contributed by atoms with Gasteiger partial charge in [-0.15, -0.1) is 11.8 Å². The van der Waals surface area contributed by atoms with Gasteiger partial charge in [0.2, 0.25) is 11.8 Å². The van der Waals surface area contributed by atoms with Crippen molar-refractivity contribution in [3.8, 4) is 5.75 Å². The van der Waals surface area contributed by atoms with Gasteiger partial charge in [0.05, 0.1) is 13.4 Å². The molecule has 0 bridgehead atoms. The Labute approximate surface area is 263 Å². The summed E-state index contributed by atoms with van der Waals surface area (Å²) in [5.74, 6) is -1.07. The minimum atomic E-state index is -1.23. The van der Waals surface area contributed by atoms with E-state index in [-0.39, 0.29) is 17.5 Å². The third kappa shape index (κ3) is 6.68. The Morgan fingerprint density at radius 1 is 1.18 bits per heavy atom. The van der Waals surface area contributed by atoms with Gasteiger partial charge in [0.1, 0.15) is 16.8 Å². The van der Waals surface area contributed by atoms with E-state index in [1.165, 1.54) is 39.8 Å². The number of nitrogens with zero attached hydrogens (tertiary/aromatic N) is 4. The lowest BCUT2D eigenvalue weighted by molar-refractivity contribution is -0.154. The van der Waals surface area contributed by atoms with Gasteiger partial charge in [-0.1, -0.05) is 30.3 Å². The van der Waals surface area contributed by atoms with Gasteiger partial charge < -0.3 is 19.7 Å². The molecule has 2 N–H and O–H groups in total. The largest absolute Gasteiger partial charge is 0.497 e. The summed E-state index contributed by atoms with van der Waals surface area (Å²) < 4.78 is 6.61. The second-order valence-electron chi connectivity index (χ2n) is 10.0. The number of likely N-dealkylation sites (tertiary alicyclic amines) is 1. The Kier molecular flexibility index (Phi) is 9.75. The van der Waals surface area contributed by atoms with Gasteiger partial charge >= 0.3 is 5.97 Å². The summed E-state index contributed by atoms with van der Waals surface area (Å²) in [6.07, 6.45) is 7.20. The van der Waals surface area contributed by atoms with Crippen LogP contribution in [0.2, 0.25) is 0 Å². The van der Waals surface area contributed by atoms with E-state index in [0.29, 0.717) is 36.4 Å². The summed E-state index contributed by atoms with van der Waals surface area (Å²) in [6.45, 7) is 2.36. The molecular formula is C31H31N5O6S2. The van der Waals surface area contributed by atoms with E-state index in [1.54, 1.807) is 36.8 Å². The number of nitrogens with one attached hydrogen (secondary N) is 1. The molecular weight excluding hydrogens is 603 g/mol. The molecule has 0 saturated carbocycles. The number of fused-ring (bicyclic) bond motifs is 1. The number of hydrogen-bond donors (Lipinski definition) is 2. The molecule has 4 heterocycles. The molecule has 3 aromatic rings. The Balaban J connectivity index is 0.000000698. The first kappa shape index (κ1) is 31.0. The highest BCUT2D eigenvalue weighted by atomic mass is 32.2. The molecule has 44 heavy (non-hydrogen) atoms. The number of benzene rings is 2. The second-order valence-corrected chi connectivity index (χ2v) is 12.2. The minimum absolute atomic E-state index is 0.123. The van der Waals surface area contributed by atoms with Gasteiger partial charge in [0.25, 0.3) is 5.91 Å². The molecule has 13 heteroatoms. The van der Waals surface area contributed by atoms with E-state index >= 15 is 0 Å². The van der Waals surface area contributed by atoms with Crippen LogP contribution in [0.4, 0.5) is 0 Å². The number of rotatable bonds is 8. The van der Waals surface area contributed by atoms with E-state index in [1.807, 2.05) is 54.6 Å². The summed E-state index contributed by atoms with van der Waals surface area (Å²) >= 11 is 2.57. The molecule has 228 valence electrons. The number of carbonyl (C=O) groups excluding carboxylic acids is 3. The van der Waals surface area contributed by atoms with Crippen LogP contribution in [0.3, 0.4) is 0 Å². The normalized spacial score (nSPS) is 20.1. The number of methoxy groups -OCH3 is 1. The van der Waals surface area contributed by atoms with Crippen LogP contribution in [0.15, 0.2) is 101 Å². The quantitative estimate of drug-likeness (QED) is 0.215. The average molecular weight is 634 g/mol. The maximum atomic E-state index is 13.3. The number of carboxylic acids is 1. The maximum absolute atomic E-state index is 13.3. The van der Waals surface area contributed by atoms with E-state index in [9.17, 15) is 24.3 Å². The molecule has 3 aliphatic rings. The lowest BCUT2D eigenvalue weighted by Gasteiger charge is -2.52. The number of allylic oxidation sites excluding steroid dienone is 1. The molecule has 2 aromatic carbocycles. The molecule has 1 aromatic heterocycles. The molecule has 0 spiro atoms. The van der Waals surface area contributed by atoms with Crippen LogP contribution in [0.25, 0.3) is 0 Å². The van der Waals surface area contributed by atoms with Crippen molar-refractivity contribution in [1.29, 1.82) is 0 Å². The van der Waals surface area contributed by atoms with Crippen molar-refractivity contribution in [2.45, 2.75) is 36.2 Å². The summed E-state index contributed by atoms with van der Waals surface area (Å²) in [5.41, 5.74) is 1.79. The third-order valence-corrected chi connectivity index (χ3v) is 9.63. The molecule has 2 saturated heterocycles. The standard InChI is InChI=1S/C28H27N3O6S2.C3H4N2/c1-17(32)31(39-22-6-4-3-5-7-22)24-26(34)30-23(28(35)36)20(16-38-27(24)30)14-19-12-13-29(25(19)33)15-18-8-10-21(37-2)11-9-18;1-2-5-3-4-1/h3-11,14,24,27H,12-13,15-16H2,1-2H3,(H,35,36);1-3H,(H,4,5)/b19-14+;/t24-,27-;/m1./s1. The highest BCUT2D eigenvalue weighted by molar-refractivity contribution is 8.00. The van der Waals surface area contributed by atoms with Gasteiger partial charge in [-0.2, -0.15) is 0 Å². The molecule has 2 atom stereocenters. The van der Waals surface area contributed by atoms with Crippen LogP contribution in [-0.4, -0.2) is 83.7 Å². The smallest absolute Gasteiger partial charge is 0.352 e. The van der Waals surface area contributed by atoms with Gasteiger partial charge in [-0.3, -0.25) is 23.6 Å². The topological polar surface area (TPSA) is 136 Å². The fourth-order valence-electron chi connectivity index (χ4n) is 5.06. The highest BCUT2D eigenvalue weighted by Crippen LogP contribution is 2.45. The van der Waals surface area contributed by atoms with Crippen molar-refractivity contribution >= 4 is 47.4 Å². The minimum Gasteiger partial charge on any atom is -0.497 e. The van der Waals surface area contributed by atoms with Crippen molar-refractivity contribution in [3.05, 3.63) is 102 Å². The molecule has 0 radical (unpaired) electrons. The molecule has 6 rings (SSSR count). The number of β-lactam (4-membered cyclic amide) rings is 1. The van der Waals surface area contributed by atoms with E-state index < -0.39 is 23.3 Å². The predicted molar refractivity (Wildman–Crippen MR) is 166 cm³/mol. The number of imidazole rings is 1. The van der Waals surface area contributed by atoms with Crippen LogP contribution in [0.1, 0.15) is 18.9 Å². The number of carbonyl (C=O) groups is 4. The van der Waals surface area contributed by atoms with Crippen LogP contribution in [-0.2, 0) is 25.7 Å². The Bertz CT molecular complexity index is 1560. The molecule has 3 amide bonds. The summed E-state index contributed by atoms with van der Waals surface area (Å²) in [4.78, 5) is 61.4. The third-order valence-electron chi connectivity index (χ3n) is 7.18. The van der Waals surface area contributed by atoms with Gasteiger partial charge in [-0.25, -0.2) is 9.78 Å². The summed E-state index contributed by atoms with van der Waals surface area (Å²) in [5, 5.41) is 9.55. The number of carboxylic acid groups (broad SMARTS) is 1. The predicted octanol–water partition coefficient (Wildman–Crippen LogP) is 3.94. The molecule has 11 nitrogen and oxygen atoms in total. The molecule has 0 aliphatic carbocycles. The number of aromatic nitrogens is 2. The zero-order valence-electron chi connectivity index (χ0n) is 24.1. The van der Waals surface area contributed by atoms with Crippen molar-refractivity contribution < 1.29 is 29.0 Å². The first-order valence-corrected chi connectivity index (χ1v) is 15.6. The average Bonchev–Trinajstić information content (AvgIpc) is 3.72. The van der Waals surface area contributed by atoms with Crippen molar-refractivity contribution in [3.63, 3.8) is 0 Å². The van der Waals surface area contributed by atoms with E-state index in [2.05, 4.69) is 9.97 Å². The highest BCUT2D eigenvalue weighted by Gasteiger charge is 2.57. The van der Waals surface area contributed by atoms with E-state index in [4.69, 9.17) is 4.74 Å². The lowest BCUT2D eigenvalue weighted by Crippen LogP contribution is -2.69. The number of thioether (sulfide) groups is 1. The fourth-order valence-corrected chi connectivity index (χ4v) is 7.44. The Hall–Kier alpha value is -4.49. The fraction of sp³-hybridized carbons (Fsp3) is 0.258. The zero-order chi connectivity index (χ0) is 31.2. The summed E-state index contributed by atoms with van der Waals surface area (Å²) in [6, 6.07) is 16.0. The van der Waals surface area contributed by atoms with Crippen molar-refractivity contribution in [2.75, 3.05) is 19.4 Å². The molecule has 3 aliphatic heterocycles. The summed E-state index contributed by atoms with van der Waals surface area (Å²) in [7, 11) is 1.60. The molecule has 0 unspecified atom stereocenters. The zero-order valence-corrected chi connectivity index (χ0v) is 25.7. The van der Waals surface area contributed by atoms with Crippen LogP contribution in [0, 0.1) is 0 Å². The first-order chi connectivity index (χ1) is 21.3. The number of aromatic amines is 1. The lowest BCUT2D eigenvalue weighted by atomic mass is 10.0. The van der Waals surface area contributed by atoms with E-state index in [0.717, 1.165) is 16.2 Å². The maximum Gasteiger partial charge on any atom is 0.352 e. The number of ether oxygens (including phenoxy) is 1. The van der Waals surface area contributed by atoms with Gasteiger partial charge in [0.15, 0.2) is 6.04 Å². The van der Waals surface area contributed by atoms with Crippen molar-refractivity contribution in [1.82, 2.24) is 24.1 Å². The monoisotopic (exact) mass is 633 g/mol. The van der Waals surface area contributed by atoms with Crippen LogP contribution >= 0.6 is 23.7 Å². The van der Waals surface area contributed by atoms with Crippen molar-refractivity contribution in [2.24, 2.45) is 0 Å². The van der Waals surface area contributed by atoms with Gasteiger partial charge in [0, 0.05) is 48.6 Å². The first-order valence-electron chi connectivity index (χ1n) is 13.8.